The fourth-order valence-electron chi connectivity index (χ4n) is 1.75. The van der Waals surface area contributed by atoms with Crippen molar-refractivity contribution in [2.45, 2.75) is 33.3 Å². The van der Waals surface area contributed by atoms with Crippen LogP contribution in [0.2, 0.25) is 0 Å². The largest absolute Gasteiger partial charge is 1.00 e. The summed E-state index contributed by atoms with van der Waals surface area (Å²) >= 11 is 0. The SMILES string of the molecule is CC.C[O-].O=C1CCN(C(=O)OCc2ccccc2)CC1.[Cs+]. The van der Waals surface area contributed by atoms with E-state index in [1.165, 1.54) is 0 Å². The van der Waals surface area contributed by atoms with E-state index < -0.39 is 0 Å². The molecular formula is C16H24CsNO4. The van der Waals surface area contributed by atoms with Crippen LogP contribution in [0.1, 0.15) is 32.3 Å². The van der Waals surface area contributed by atoms with Gasteiger partial charge in [0.15, 0.2) is 0 Å². The van der Waals surface area contributed by atoms with E-state index in [0.29, 0.717) is 25.9 Å². The summed E-state index contributed by atoms with van der Waals surface area (Å²) in [5, 5.41) is 8.25. The molecule has 22 heavy (non-hydrogen) atoms. The Morgan fingerprint density at radius 2 is 1.64 bits per heavy atom. The van der Waals surface area contributed by atoms with Crippen molar-refractivity contribution >= 4 is 11.9 Å². The number of ether oxygens (including phenoxy) is 1. The van der Waals surface area contributed by atoms with E-state index in [0.717, 1.165) is 12.7 Å². The van der Waals surface area contributed by atoms with Crippen LogP contribution in [0.25, 0.3) is 0 Å². The monoisotopic (exact) mass is 427 g/mol. The van der Waals surface area contributed by atoms with Crippen molar-refractivity contribution < 1.29 is 88.3 Å². The number of hydrogen-bond donors (Lipinski definition) is 0. The maximum atomic E-state index is 11.7. The standard InChI is InChI=1S/C13H15NO3.C2H6.CH3O.Cs/c15-12-6-8-14(9-7-12)13(16)17-10-11-4-2-1-3-5-11;2*1-2;/h1-5H,6-10H2;1-2H3;1H3;/q;;-1;+1. The van der Waals surface area contributed by atoms with Crippen LogP contribution in [0.5, 0.6) is 0 Å². The smallest absolute Gasteiger partial charge is 0.857 e. The van der Waals surface area contributed by atoms with Crippen LogP contribution < -0.4 is 74.0 Å². The summed E-state index contributed by atoms with van der Waals surface area (Å²) in [6, 6.07) is 9.55. The zero-order chi connectivity index (χ0) is 16.1. The number of hydrogen-bond acceptors (Lipinski definition) is 4. The van der Waals surface area contributed by atoms with Crippen LogP contribution in [0, 0.1) is 0 Å². The van der Waals surface area contributed by atoms with Gasteiger partial charge in [0.25, 0.3) is 0 Å². The van der Waals surface area contributed by atoms with Crippen LogP contribution >= 0.6 is 0 Å². The molecule has 0 radical (unpaired) electrons. The third-order valence-electron chi connectivity index (χ3n) is 2.78. The molecule has 6 heteroatoms. The molecule has 2 rings (SSSR count). The van der Waals surface area contributed by atoms with Gasteiger partial charge in [0.05, 0.1) is 0 Å². The van der Waals surface area contributed by atoms with E-state index in [1.807, 2.05) is 44.2 Å². The molecule has 5 nitrogen and oxygen atoms in total. The minimum Gasteiger partial charge on any atom is -0.857 e. The van der Waals surface area contributed by atoms with Gasteiger partial charge in [-0.2, -0.15) is 7.11 Å². The number of piperidine rings is 1. The molecule has 0 aromatic heterocycles. The average Bonchev–Trinajstić information content (AvgIpc) is 2.58. The van der Waals surface area contributed by atoms with Gasteiger partial charge < -0.3 is 14.7 Å². The zero-order valence-electron chi connectivity index (χ0n) is 14.0. The summed E-state index contributed by atoms with van der Waals surface area (Å²) in [6.07, 6.45) is 0.558. The van der Waals surface area contributed by atoms with Crippen molar-refractivity contribution in [2.24, 2.45) is 0 Å². The van der Waals surface area contributed by atoms with Crippen molar-refractivity contribution in [1.82, 2.24) is 4.90 Å². The first-order valence-electron chi connectivity index (χ1n) is 7.14. The van der Waals surface area contributed by atoms with Gasteiger partial charge in [-0.25, -0.2) is 4.79 Å². The van der Waals surface area contributed by atoms with Gasteiger partial charge in [-0.1, -0.05) is 44.2 Å². The number of ketones is 1. The van der Waals surface area contributed by atoms with Crippen LogP contribution in [-0.4, -0.2) is 37.0 Å². The topological polar surface area (TPSA) is 69.7 Å². The molecule has 0 unspecified atom stereocenters. The Hall–Kier alpha value is 0.172. The van der Waals surface area contributed by atoms with Crippen molar-refractivity contribution in [1.29, 1.82) is 0 Å². The molecule has 0 atom stereocenters. The van der Waals surface area contributed by atoms with E-state index >= 15 is 0 Å². The van der Waals surface area contributed by atoms with E-state index in [2.05, 4.69) is 0 Å². The van der Waals surface area contributed by atoms with Crippen LogP contribution in [0.4, 0.5) is 4.79 Å². The Balaban J connectivity index is 0. The number of amides is 1. The molecule has 118 valence electrons. The second-order valence-electron chi connectivity index (χ2n) is 4.07. The fraction of sp³-hybridized carbons (Fsp3) is 0.500. The van der Waals surface area contributed by atoms with Gasteiger partial charge in [0.1, 0.15) is 12.4 Å². The number of likely N-dealkylation sites (tertiary alicyclic amines) is 1. The van der Waals surface area contributed by atoms with E-state index in [9.17, 15) is 9.59 Å². The zero-order valence-corrected chi connectivity index (χ0v) is 20.3. The Labute approximate surface area is 191 Å². The summed E-state index contributed by atoms with van der Waals surface area (Å²) in [5.74, 6) is 0.220. The van der Waals surface area contributed by atoms with Crippen molar-refractivity contribution in [3.8, 4) is 0 Å². The van der Waals surface area contributed by atoms with Gasteiger partial charge in [-0.15, -0.1) is 0 Å². The molecule has 0 bridgehead atoms. The summed E-state index contributed by atoms with van der Waals surface area (Å²) in [7, 11) is 0.750. The third kappa shape index (κ3) is 10.0. The quantitative estimate of drug-likeness (QED) is 0.607. The maximum Gasteiger partial charge on any atom is 1.00 e. The molecule has 1 aromatic carbocycles. The normalized spacial score (nSPS) is 12.7. The first-order chi connectivity index (χ1) is 10.3. The summed E-state index contributed by atoms with van der Waals surface area (Å²) in [6.45, 7) is 5.24. The minimum absolute atomic E-state index is 0. The first kappa shape index (κ1) is 24.4. The number of rotatable bonds is 2. The Morgan fingerprint density at radius 3 is 2.14 bits per heavy atom. The maximum absolute atomic E-state index is 11.7. The summed E-state index contributed by atoms with van der Waals surface area (Å²) < 4.78 is 5.18. The molecule has 1 heterocycles. The summed E-state index contributed by atoms with van der Waals surface area (Å²) in [5.41, 5.74) is 0.967. The van der Waals surface area contributed by atoms with E-state index in [4.69, 9.17) is 9.84 Å². The van der Waals surface area contributed by atoms with Gasteiger partial charge in [0.2, 0.25) is 0 Å². The Kier molecular flexibility index (Phi) is 17.8. The molecule has 0 aliphatic carbocycles. The number of Topliss-reactive ketones (excluding diaryl/α,β-unsaturated/α-hetero) is 1. The van der Waals surface area contributed by atoms with Gasteiger partial charge >= 0.3 is 75.0 Å². The van der Waals surface area contributed by atoms with E-state index in [1.54, 1.807) is 4.90 Å². The van der Waals surface area contributed by atoms with Gasteiger partial charge in [-0.3, -0.25) is 4.79 Å². The molecule has 1 saturated heterocycles. The third-order valence-corrected chi connectivity index (χ3v) is 2.78. The van der Waals surface area contributed by atoms with Crippen molar-refractivity contribution in [2.75, 3.05) is 20.2 Å². The predicted octanol–water partition coefficient (Wildman–Crippen LogP) is -1.01. The summed E-state index contributed by atoms with van der Waals surface area (Å²) in [4.78, 5) is 24.3. The Morgan fingerprint density at radius 1 is 1.14 bits per heavy atom. The molecular weight excluding hydrogens is 403 g/mol. The number of carbonyl (C=O) groups excluding carboxylic acids is 2. The van der Waals surface area contributed by atoms with Gasteiger partial charge in [-0.05, 0) is 5.56 Å². The molecule has 1 aliphatic rings. The van der Waals surface area contributed by atoms with Crippen molar-refractivity contribution in [3.05, 3.63) is 35.9 Å². The molecule has 0 spiro atoms. The second kappa shape index (κ2) is 16.0. The minimum atomic E-state index is -0.332. The van der Waals surface area contributed by atoms with Crippen LogP contribution in [0.15, 0.2) is 30.3 Å². The van der Waals surface area contributed by atoms with Crippen LogP contribution in [0.3, 0.4) is 0 Å². The van der Waals surface area contributed by atoms with Gasteiger partial charge in [0, 0.05) is 25.9 Å². The van der Waals surface area contributed by atoms with Crippen molar-refractivity contribution in [3.63, 3.8) is 0 Å². The molecule has 0 saturated carbocycles. The second-order valence-corrected chi connectivity index (χ2v) is 4.07. The number of benzene rings is 1. The molecule has 1 aromatic rings. The first-order valence-corrected chi connectivity index (χ1v) is 7.14. The molecule has 1 aliphatic heterocycles. The van der Waals surface area contributed by atoms with Crippen LogP contribution in [-0.2, 0) is 16.1 Å². The average molecular weight is 427 g/mol. The molecule has 1 amide bonds. The van der Waals surface area contributed by atoms with E-state index in [-0.39, 0.29) is 87.4 Å². The molecule has 1 fully saturated rings. The number of nitrogens with zero attached hydrogens (tertiary/aromatic N) is 1. The number of carbonyl (C=O) groups is 2. The Bertz CT molecular complexity index is 402. The fourth-order valence-corrected chi connectivity index (χ4v) is 1.75. The predicted molar refractivity (Wildman–Crippen MR) is 79.7 cm³/mol. The molecule has 0 N–H and O–H groups in total.